The molecule has 1 heterocycles. The lowest BCUT2D eigenvalue weighted by Gasteiger charge is -2.09. The summed E-state index contributed by atoms with van der Waals surface area (Å²) in [5, 5.41) is 6.15. The molecular weight excluding hydrogens is 317 g/mol. The molecule has 0 radical (unpaired) electrons. The molecule has 3 aromatic rings. The quantitative estimate of drug-likeness (QED) is 0.715. The molecule has 0 unspecified atom stereocenters. The van der Waals surface area contributed by atoms with Gasteiger partial charge in [0.1, 0.15) is 5.82 Å². The van der Waals surface area contributed by atoms with Crippen LogP contribution >= 0.6 is 0 Å². The van der Waals surface area contributed by atoms with E-state index >= 15 is 0 Å². The molecule has 4 nitrogen and oxygen atoms in total. The number of benzene rings is 2. The molecule has 0 aliphatic carbocycles. The van der Waals surface area contributed by atoms with E-state index in [-0.39, 0.29) is 18.1 Å². The molecule has 126 valence electrons. The Morgan fingerprint density at radius 1 is 0.840 bits per heavy atom. The summed E-state index contributed by atoms with van der Waals surface area (Å²) in [6, 6.07) is 17.4. The third-order valence-corrected chi connectivity index (χ3v) is 3.69. The molecule has 0 bridgehead atoms. The van der Waals surface area contributed by atoms with Crippen molar-refractivity contribution in [3.8, 4) is 0 Å². The molecule has 0 saturated carbocycles. The molecule has 1 amide bonds. The molecular formula is C20H18FN3O. The van der Waals surface area contributed by atoms with Gasteiger partial charge in [0.25, 0.3) is 0 Å². The van der Waals surface area contributed by atoms with Crippen LogP contribution in [0.3, 0.4) is 0 Å². The summed E-state index contributed by atoms with van der Waals surface area (Å²) in [5.41, 5.74) is 3.61. The second kappa shape index (κ2) is 8.06. The van der Waals surface area contributed by atoms with Crippen LogP contribution in [0.4, 0.5) is 15.8 Å². The Bertz CT molecular complexity index is 818. The minimum absolute atomic E-state index is 0.135. The van der Waals surface area contributed by atoms with Crippen LogP contribution in [0.15, 0.2) is 73.1 Å². The van der Waals surface area contributed by atoms with Crippen LogP contribution in [0, 0.1) is 5.82 Å². The number of rotatable bonds is 6. The van der Waals surface area contributed by atoms with E-state index < -0.39 is 0 Å². The van der Waals surface area contributed by atoms with Gasteiger partial charge < -0.3 is 10.6 Å². The minimum atomic E-state index is -0.306. The van der Waals surface area contributed by atoms with Gasteiger partial charge in [0, 0.05) is 30.3 Å². The summed E-state index contributed by atoms with van der Waals surface area (Å²) in [5.74, 6) is -0.442. The number of carbonyl (C=O) groups is 1. The van der Waals surface area contributed by atoms with Gasteiger partial charge in [-0.05, 0) is 59.7 Å². The van der Waals surface area contributed by atoms with Gasteiger partial charge in [0.15, 0.2) is 0 Å². The number of hydrogen-bond donors (Lipinski definition) is 2. The van der Waals surface area contributed by atoms with E-state index in [1.807, 2.05) is 36.4 Å². The lowest BCUT2D eigenvalue weighted by atomic mass is 10.1. The molecule has 2 N–H and O–H groups in total. The summed E-state index contributed by atoms with van der Waals surface area (Å²) in [4.78, 5) is 16.0. The predicted octanol–water partition coefficient (Wildman–Crippen LogP) is 4.01. The fourth-order valence-electron chi connectivity index (χ4n) is 2.37. The van der Waals surface area contributed by atoms with Gasteiger partial charge in [-0.3, -0.25) is 9.78 Å². The number of halogens is 1. The molecule has 0 saturated heterocycles. The van der Waals surface area contributed by atoms with Gasteiger partial charge in [0.05, 0.1) is 6.42 Å². The van der Waals surface area contributed by atoms with Crippen LogP contribution in [0.5, 0.6) is 0 Å². The van der Waals surface area contributed by atoms with Gasteiger partial charge in [-0.1, -0.05) is 12.1 Å². The first-order chi connectivity index (χ1) is 12.2. The van der Waals surface area contributed by atoms with Crippen LogP contribution < -0.4 is 10.6 Å². The highest BCUT2D eigenvalue weighted by atomic mass is 19.1. The third kappa shape index (κ3) is 5.14. The van der Waals surface area contributed by atoms with Crippen LogP contribution in [0.2, 0.25) is 0 Å². The first-order valence-electron chi connectivity index (χ1n) is 7.96. The number of carbonyl (C=O) groups excluding carboxylic acids is 1. The van der Waals surface area contributed by atoms with Gasteiger partial charge in [-0.15, -0.1) is 0 Å². The normalized spacial score (nSPS) is 10.3. The first kappa shape index (κ1) is 16.6. The first-order valence-corrected chi connectivity index (χ1v) is 7.96. The largest absolute Gasteiger partial charge is 0.381 e. The number of nitrogens with zero attached hydrogens (tertiary/aromatic N) is 1. The van der Waals surface area contributed by atoms with E-state index in [4.69, 9.17) is 0 Å². The van der Waals surface area contributed by atoms with Crippen molar-refractivity contribution in [1.82, 2.24) is 4.98 Å². The highest BCUT2D eigenvalue weighted by Gasteiger charge is 2.04. The van der Waals surface area contributed by atoms with Gasteiger partial charge in [0.2, 0.25) is 5.91 Å². The zero-order chi connectivity index (χ0) is 17.5. The van der Waals surface area contributed by atoms with Crippen LogP contribution in [0.1, 0.15) is 11.1 Å². The summed E-state index contributed by atoms with van der Waals surface area (Å²) in [6.45, 7) is 0.707. The van der Waals surface area contributed by atoms with E-state index in [9.17, 15) is 9.18 Å². The topological polar surface area (TPSA) is 54.0 Å². The Hall–Kier alpha value is -3.21. The maximum absolute atomic E-state index is 12.9. The molecule has 0 spiro atoms. The van der Waals surface area contributed by atoms with Crippen molar-refractivity contribution >= 4 is 17.3 Å². The average molecular weight is 335 g/mol. The minimum Gasteiger partial charge on any atom is -0.381 e. The maximum atomic E-state index is 12.9. The van der Waals surface area contributed by atoms with Crippen molar-refractivity contribution < 1.29 is 9.18 Å². The maximum Gasteiger partial charge on any atom is 0.228 e. The number of aromatic nitrogens is 1. The van der Waals surface area contributed by atoms with Gasteiger partial charge >= 0.3 is 0 Å². The lowest BCUT2D eigenvalue weighted by Crippen LogP contribution is -2.14. The molecule has 1 aromatic heterocycles. The van der Waals surface area contributed by atoms with Crippen molar-refractivity contribution in [1.29, 1.82) is 0 Å². The van der Waals surface area contributed by atoms with E-state index in [1.165, 1.54) is 12.1 Å². The number of pyridine rings is 1. The molecule has 0 aliphatic heterocycles. The number of amides is 1. The fraction of sp³-hybridized carbons (Fsp3) is 0.100. The van der Waals surface area contributed by atoms with Crippen molar-refractivity contribution in [2.45, 2.75) is 13.0 Å². The number of hydrogen-bond acceptors (Lipinski definition) is 3. The summed E-state index contributed by atoms with van der Waals surface area (Å²) >= 11 is 0. The lowest BCUT2D eigenvalue weighted by molar-refractivity contribution is -0.115. The Kier molecular flexibility index (Phi) is 5.36. The molecule has 5 heteroatoms. The molecule has 3 rings (SSSR count). The Balaban J connectivity index is 1.51. The van der Waals surface area contributed by atoms with Crippen molar-refractivity contribution in [3.05, 3.63) is 90.0 Å². The second-order valence-corrected chi connectivity index (χ2v) is 5.64. The van der Waals surface area contributed by atoms with Crippen LogP contribution in [-0.2, 0) is 17.8 Å². The zero-order valence-electron chi connectivity index (χ0n) is 13.6. The molecule has 2 aromatic carbocycles. The Labute approximate surface area is 145 Å². The Morgan fingerprint density at radius 2 is 1.48 bits per heavy atom. The molecule has 0 aliphatic rings. The van der Waals surface area contributed by atoms with Crippen LogP contribution in [0.25, 0.3) is 0 Å². The monoisotopic (exact) mass is 335 g/mol. The highest BCUT2D eigenvalue weighted by molar-refractivity contribution is 5.92. The average Bonchev–Trinajstić information content (AvgIpc) is 2.64. The summed E-state index contributed by atoms with van der Waals surface area (Å²) in [7, 11) is 0. The highest BCUT2D eigenvalue weighted by Crippen LogP contribution is 2.15. The molecule has 0 atom stereocenters. The fourth-order valence-corrected chi connectivity index (χ4v) is 2.37. The zero-order valence-corrected chi connectivity index (χ0v) is 13.6. The van der Waals surface area contributed by atoms with E-state index in [0.717, 1.165) is 22.5 Å². The van der Waals surface area contributed by atoms with E-state index in [0.29, 0.717) is 6.54 Å². The second-order valence-electron chi connectivity index (χ2n) is 5.64. The molecule has 0 fully saturated rings. The van der Waals surface area contributed by atoms with Gasteiger partial charge in [-0.25, -0.2) is 4.39 Å². The third-order valence-electron chi connectivity index (χ3n) is 3.69. The van der Waals surface area contributed by atoms with Crippen LogP contribution in [-0.4, -0.2) is 10.9 Å². The number of nitrogens with one attached hydrogen (secondary N) is 2. The predicted molar refractivity (Wildman–Crippen MR) is 96.7 cm³/mol. The smallest absolute Gasteiger partial charge is 0.228 e. The van der Waals surface area contributed by atoms with Gasteiger partial charge in [-0.2, -0.15) is 0 Å². The summed E-state index contributed by atoms with van der Waals surface area (Å²) < 4.78 is 12.9. The Morgan fingerprint density at radius 3 is 2.16 bits per heavy atom. The van der Waals surface area contributed by atoms with Crippen molar-refractivity contribution in [2.24, 2.45) is 0 Å². The van der Waals surface area contributed by atoms with E-state index in [1.54, 1.807) is 24.5 Å². The van der Waals surface area contributed by atoms with Crippen molar-refractivity contribution in [2.75, 3.05) is 10.6 Å². The standard InChI is InChI=1S/C20H18FN3O/c21-17-3-1-15(2-4-17)13-20(25)24-19-7-5-18(6-8-19)23-14-16-9-11-22-12-10-16/h1-12,23H,13-14H2,(H,24,25). The SMILES string of the molecule is O=C(Cc1ccc(F)cc1)Nc1ccc(NCc2ccncc2)cc1. The number of anilines is 2. The summed E-state index contributed by atoms with van der Waals surface area (Å²) in [6.07, 6.45) is 3.73. The van der Waals surface area contributed by atoms with Crippen molar-refractivity contribution in [3.63, 3.8) is 0 Å². The molecule has 25 heavy (non-hydrogen) atoms. The van der Waals surface area contributed by atoms with E-state index in [2.05, 4.69) is 15.6 Å².